The standard InChI is InChI=1S/C30H28F2N6O2/c1-37(20-12-14-38(17-20)29(39)24(31)15-19-7-5-6-13-33-19)28-23-16-34-26(25(32)27(23)35-30(36-28)40-2)22-9-4-3-8-21(22)18-10-11-18/h3-9,13,15-16,18,20H,10-12,14,17H2,1-2H3/b24-15-. The number of ether oxygens (including phenoxy) is 1. The first-order valence-corrected chi connectivity index (χ1v) is 13.2. The molecule has 0 radical (unpaired) electrons. The fourth-order valence-corrected chi connectivity index (χ4v) is 5.25. The Hall–Kier alpha value is -4.47. The van der Waals surface area contributed by atoms with Crippen molar-refractivity contribution in [3.05, 3.63) is 77.8 Å². The van der Waals surface area contributed by atoms with E-state index >= 15 is 4.39 Å². The minimum Gasteiger partial charge on any atom is -0.467 e. The van der Waals surface area contributed by atoms with Crippen LogP contribution in [0, 0.1) is 5.82 Å². The number of halogens is 2. The van der Waals surface area contributed by atoms with Gasteiger partial charge in [-0.05, 0) is 42.9 Å². The first-order valence-electron chi connectivity index (χ1n) is 13.2. The van der Waals surface area contributed by atoms with Gasteiger partial charge in [0.2, 0.25) is 0 Å². The third-order valence-electron chi connectivity index (χ3n) is 7.56. The smallest absolute Gasteiger partial charge is 0.318 e. The molecule has 1 aliphatic heterocycles. The molecule has 1 unspecified atom stereocenters. The van der Waals surface area contributed by atoms with Crippen LogP contribution < -0.4 is 9.64 Å². The zero-order valence-corrected chi connectivity index (χ0v) is 22.2. The van der Waals surface area contributed by atoms with Gasteiger partial charge >= 0.3 is 6.01 Å². The summed E-state index contributed by atoms with van der Waals surface area (Å²) in [6.45, 7) is 0.640. The number of likely N-dealkylation sites (tertiary alicyclic amines) is 1. The Bertz CT molecular complexity index is 1610. The Morgan fingerprint density at radius 3 is 2.65 bits per heavy atom. The van der Waals surface area contributed by atoms with Crippen LogP contribution in [-0.4, -0.2) is 64.0 Å². The number of nitrogens with zero attached hydrogens (tertiary/aromatic N) is 6. The van der Waals surface area contributed by atoms with E-state index in [0.29, 0.717) is 35.8 Å². The predicted octanol–water partition coefficient (Wildman–Crippen LogP) is 5.16. The quantitative estimate of drug-likeness (QED) is 0.298. The van der Waals surface area contributed by atoms with Crippen LogP contribution in [0.15, 0.2) is 60.7 Å². The maximum absolute atomic E-state index is 16.1. The number of rotatable bonds is 7. The summed E-state index contributed by atoms with van der Waals surface area (Å²) in [5.41, 5.74) is 2.58. The third-order valence-corrected chi connectivity index (χ3v) is 7.56. The zero-order valence-electron chi connectivity index (χ0n) is 22.2. The first kappa shape index (κ1) is 25.8. The van der Waals surface area contributed by atoms with Crippen molar-refractivity contribution in [2.24, 2.45) is 0 Å². The Kier molecular flexibility index (Phi) is 6.83. The molecule has 6 rings (SSSR count). The Morgan fingerprint density at radius 1 is 1.10 bits per heavy atom. The average molecular weight is 543 g/mol. The number of anilines is 1. The Labute approximate surface area is 230 Å². The van der Waals surface area contributed by atoms with Gasteiger partial charge in [0.15, 0.2) is 11.6 Å². The van der Waals surface area contributed by atoms with Crippen molar-refractivity contribution in [3.63, 3.8) is 0 Å². The number of hydrogen-bond donors (Lipinski definition) is 0. The van der Waals surface area contributed by atoms with Gasteiger partial charge in [-0.2, -0.15) is 9.97 Å². The van der Waals surface area contributed by atoms with Crippen molar-refractivity contribution < 1.29 is 18.3 Å². The van der Waals surface area contributed by atoms with Gasteiger partial charge in [-0.25, -0.2) is 8.78 Å². The SMILES string of the molecule is COc1nc(N(C)C2CCN(C(=O)/C(F)=C/c3ccccn3)C2)c2cnc(-c3ccccc3C3CC3)c(F)c2n1. The molecule has 8 nitrogen and oxygen atoms in total. The van der Waals surface area contributed by atoms with Crippen LogP contribution in [-0.2, 0) is 4.79 Å². The van der Waals surface area contributed by atoms with Gasteiger partial charge < -0.3 is 14.5 Å². The number of fused-ring (bicyclic) bond motifs is 1. The summed E-state index contributed by atoms with van der Waals surface area (Å²) in [5, 5.41) is 0.430. The number of methoxy groups -OCH3 is 1. The lowest BCUT2D eigenvalue weighted by Gasteiger charge is -2.27. The molecule has 2 aliphatic rings. The fourth-order valence-electron chi connectivity index (χ4n) is 5.25. The molecule has 0 spiro atoms. The molecule has 1 aromatic carbocycles. The van der Waals surface area contributed by atoms with E-state index in [-0.39, 0.29) is 29.8 Å². The first-order chi connectivity index (χ1) is 19.4. The number of carbonyl (C=O) groups is 1. The molecule has 1 atom stereocenters. The van der Waals surface area contributed by atoms with Crippen molar-refractivity contribution in [2.75, 3.05) is 32.1 Å². The van der Waals surface area contributed by atoms with E-state index in [1.54, 1.807) is 24.4 Å². The summed E-state index contributed by atoms with van der Waals surface area (Å²) < 4.78 is 36.1. The minimum atomic E-state index is -0.874. The van der Waals surface area contributed by atoms with Crippen molar-refractivity contribution in [1.82, 2.24) is 24.8 Å². The van der Waals surface area contributed by atoms with E-state index in [2.05, 4.69) is 19.9 Å². The van der Waals surface area contributed by atoms with E-state index in [9.17, 15) is 9.18 Å². The summed E-state index contributed by atoms with van der Waals surface area (Å²) in [5.74, 6) is -1.25. The largest absolute Gasteiger partial charge is 0.467 e. The number of benzene rings is 1. The highest BCUT2D eigenvalue weighted by molar-refractivity contribution is 5.96. The monoisotopic (exact) mass is 542 g/mol. The van der Waals surface area contributed by atoms with Gasteiger partial charge in [0.1, 0.15) is 17.0 Å². The van der Waals surface area contributed by atoms with Gasteiger partial charge in [-0.15, -0.1) is 0 Å². The summed E-state index contributed by atoms with van der Waals surface area (Å²) >= 11 is 0. The minimum absolute atomic E-state index is 0.0242. The average Bonchev–Trinajstić information content (AvgIpc) is 3.72. The van der Waals surface area contributed by atoms with Crippen LogP contribution in [0.3, 0.4) is 0 Å². The topological polar surface area (TPSA) is 84.3 Å². The molecule has 40 heavy (non-hydrogen) atoms. The highest BCUT2D eigenvalue weighted by Gasteiger charge is 2.33. The maximum atomic E-state index is 16.1. The van der Waals surface area contributed by atoms with Crippen molar-refractivity contribution in [2.45, 2.75) is 31.2 Å². The second-order valence-corrected chi connectivity index (χ2v) is 10.1. The molecule has 4 aromatic rings. The Balaban J connectivity index is 1.30. The van der Waals surface area contributed by atoms with Gasteiger partial charge in [-0.1, -0.05) is 30.3 Å². The number of hydrogen-bond acceptors (Lipinski definition) is 7. The molecule has 204 valence electrons. The summed E-state index contributed by atoms with van der Waals surface area (Å²) in [4.78, 5) is 33.5. The predicted molar refractivity (Wildman–Crippen MR) is 148 cm³/mol. The number of pyridine rings is 2. The van der Waals surface area contributed by atoms with Crippen molar-refractivity contribution in [1.29, 1.82) is 0 Å². The zero-order chi connectivity index (χ0) is 27.8. The molecule has 2 fully saturated rings. The molecule has 1 amide bonds. The highest BCUT2D eigenvalue weighted by atomic mass is 19.1. The summed E-state index contributed by atoms with van der Waals surface area (Å²) in [6, 6.07) is 12.7. The number of aromatic nitrogens is 4. The molecular weight excluding hydrogens is 514 g/mol. The van der Waals surface area contributed by atoms with Crippen molar-refractivity contribution >= 4 is 28.7 Å². The molecule has 3 aromatic heterocycles. The lowest BCUT2D eigenvalue weighted by Crippen LogP contribution is -2.37. The maximum Gasteiger partial charge on any atom is 0.318 e. The van der Waals surface area contributed by atoms with Gasteiger partial charge in [0.05, 0.1) is 18.2 Å². The van der Waals surface area contributed by atoms with Gasteiger partial charge in [0, 0.05) is 50.2 Å². The molecule has 0 N–H and O–H groups in total. The third kappa shape index (κ3) is 4.85. The van der Waals surface area contributed by atoms with Crippen LogP contribution >= 0.6 is 0 Å². The molecule has 1 saturated heterocycles. The van der Waals surface area contributed by atoms with Gasteiger partial charge in [-0.3, -0.25) is 14.8 Å². The van der Waals surface area contributed by atoms with Crippen molar-refractivity contribution in [3.8, 4) is 17.3 Å². The lowest BCUT2D eigenvalue weighted by molar-refractivity contribution is -0.127. The second kappa shape index (κ2) is 10.6. The molecule has 1 saturated carbocycles. The fraction of sp³-hybridized carbons (Fsp3) is 0.300. The normalized spacial score (nSPS) is 17.4. The number of likely N-dealkylation sites (N-methyl/N-ethyl adjacent to an activating group) is 1. The van der Waals surface area contributed by atoms with E-state index < -0.39 is 17.6 Å². The van der Waals surface area contributed by atoms with Crippen LogP contribution in [0.4, 0.5) is 14.6 Å². The van der Waals surface area contributed by atoms with E-state index in [1.165, 1.54) is 18.2 Å². The van der Waals surface area contributed by atoms with Crippen LogP contribution in [0.5, 0.6) is 6.01 Å². The molecule has 4 heterocycles. The van der Waals surface area contributed by atoms with E-state index in [0.717, 1.165) is 30.0 Å². The van der Waals surface area contributed by atoms with Gasteiger partial charge in [0.25, 0.3) is 5.91 Å². The second-order valence-electron chi connectivity index (χ2n) is 10.1. The lowest BCUT2D eigenvalue weighted by atomic mass is 9.99. The van der Waals surface area contributed by atoms with Crippen LogP contribution in [0.1, 0.15) is 36.4 Å². The van der Waals surface area contributed by atoms with E-state index in [4.69, 9.17) is 4.74 Å². The van der Waals surface area contributed by atoms with E-state index in [1.807, 2.05) is 36.2 Å². The molecular formula is C30H28F2N6O2. The van der Waals surface area contributed by atoms with Crippen LogP contribution in [0.25, 0.3) is 28.2 Å². The molecule has 1 aliphatic carbocycles. The van der Waals surface area contributed by atoms with Crippen LogP contribution in [0.2, 0.25) is 0 Å². The highest BCUT2D eigenvalue weighted by Crippen LogP contribution is 2.45. The molecule has 10 heteroatoms. The number of carbonyl (C=O) groups excluding carboxylic acids is 1. The molecule has 0 bridgehead atoms. The summed E-state index contributed by atoms with van der Waals surface area (Å²) in [6.07, 6.45) is 7.01. The summed E-state index contributed by atoms with van der Waals surface area (Å²) in [7, 11) is 3.24. The number of amides is 1. The Morgan fingerprint density at radius 2 is 1.90 bits per heavy atom.